The van der Waals surface area contributed by atoms with Gasteiger partial charge < -0.3 is 15.4 Å². The molecular formula is C23H29FN2O4. The standard InChI is InChI=1S/C23H29FN2O4/c24-19-3-1-15(2-4-19)5-6-25-20(27)14-30-21(28)13-26-22(29)23-10-16-7-17(11-23)9-18(8-16)12-23/h1-4,16-18H,5-14H2,(H,25,27)(H,26,29). The third kappa shape index (κ3) is 4.82. The van der Waals surface area contributed by atoms with Gasteiger partial charge in [0.25, 0.3) is 5.91 Å². The minimum Gasteiger partial charge on any atom is -0.454 e. The van der Waals surface area contributed by atoms with Crippen molar-refractivity contribution in [3.05, 3.63) is 35.6 Å². The Labute approximate surface area is 175 Å². The zero-order valence-electron chi connectivity index (χ0n) is 17.1. The molecule has 0 aromatic heterocycles. The van der Waals surface area contributed by atoms with Crippen LogP contribution in [-0.4, -0.2) is 37.5 Å². The van der Waals surface area contributed by atoms with Crippen LogP contribution in [0.15, 0.2) is 24.3 Å². The minimum atomic E-state index is -0.609. The van der Waals surface area contributed by atoms with E-state index >= 15 is 0 Å². The van der Waals surface area contributed by atoms with Gasteiger partial charge in [-0.05, 0) is 80.4 Å². The second-order valence-electron chi connectivity index (χ2n) is 9.27. The summed E-state index contributed by atoms with van der Waals surface area (Å²) < 4.78 is 17.8. The maximum Gasteiger partial charge on any atom is 0.325 e. The highest BCUT2D eigenvalue weighted by Crippen LogP contribution is 2.60. The first kappa shape index (κ1) is 20.8. The van der Waals surface area contributed by atoms with Crippen LogP contribution in [0, 0.1) is 29.0 Å². The van der Waals surface area contributed by atoms with Gasteiger partial charge in [0.1, 0.15) is 12.4 Å². The summed E-state index contributed by atoms with van der Waals surface area (Å²) in [6.45, 7) is -0.219. The van der Waals surface area contributed by atoms with Crippen molar-refractivity contribution in [2.75, 3.05) is 19.7 Å². The van der Waals surface area contributed by atoms with E-state index < -0.39 is 11.9 Å². The Morgan fingerprint density at radius 2 is 1.57 bits per heavy atom. The van der Waals surface area contributed by atoms with Gasteiger partial charge in [-0.1, -0.05) is 12.1 Å². The molecule has 4 aliphatic rings. The fourth-order valence-electron chi connectivity index (χ4n) is 5.97. The number of esters is 1. The lowest BCUT2D eigenvalue weighted by atomic mass is 9.49. The smallest absolute Gasteiger partial charge is 0.325 e. The molecule has 0 radical (unpaired) electrons. The minimum absolute atomic E-state index is 0.0256. The van der Waals surface area contributed by atoms with Crippen molar-refractivity contribution >= 4 is 17.8 Å². The highest BCUT2D eigenvalue weighted by molar-refractivity contribution is 5.87. The Hall–Kier alpha value is -2.44. The van der Waals surface area contributed by atoms with Gasteiger partial charge in [-0.3, -0.25) is 14.4 Å². The third-order valence-corrected chi connectivity index (χ3v) is 6.93. The first-order valence-corrected chi connectivity index (χ1v) is 10.9. The maximum atomic E-state index is 12.9. The first-order valence-electron chi connectivity index (χ1n) is 10.9. The molecule has 0 heterocycles. The average molecular weight is 416 g/mol. The van der Waals surface area contributed by atoms with Gasteiger partial charge in [-0.2, -0.15) is 0 Å². The van der Waals surface area contributed by atoms with Crippen molar-refractivity contribution in [1.82, 2.24) is 10.6 Å². The van der Waals surface area contributed by atoms with Gasteiger partial charge >= 0.3 is 5.97 Å². The van der Waals surface area contributed by atoms with Gasteiger partial charge in [-0.15, -0.1) is 0 Å². The van der Waals surface area contributed by atoms with Crippen molar-refractivity contribution in [1.29, 1.82) is 0 Å². The molecule has 1 aromatic rings. The molecule has 4 bridgehead atoms. The van der Waals surface area contributed by atoms with Gasteiger partial charge in [0.2, 0.25) is 5.91 Å². The lowest BCUT2D eigenvalue weighted by molar-refractivity contribution is -0.152. The second kappa shape index (κ2) is 8.74. The summed E-state index contributed by atoms with van der Waals surface area (Å²) in [4.78, 5) is 36.6. The van der Waals surface area contributed by atoms with Crippen LogP contribution >= 0.6 is 0 Å². The predicted molar refractivity (Wildman–Crippen MR) is 108 cm³/mol. The number of nitrogens with one attached hydrogen (secondary N) is 2. The second-order valence-corrected chi connectivity index (χ2v) is 9.27. The molecule has 7 heteroatoms. The largest absolute Gasteiger partial charge is 0.454 e. The number of amides is 2. The van der Waals surface area contributed by atoms with Crippen LogP contribution < -0.4 is 10.6 Å². The number of hydrogen-bond acceptors (Lipinski definition) is 4. The highest BCUT2D eigenvalue weighted by Gasteiger charge is 2.54. The Bertz CT molecular complexity index is 773. The molecule has 6 nitrogen and oxygen atoms in total. The number of hydrogen-bond donors (Lipinski definition) is 2. The fourth-order valence-corrected chi connectivity index (χ4v) is 5.97. The summed E-state index contributed by atoms with van der Waals surface area (Å²) in [6.07, 6.45) is 7.14. The number of carbonyl (C=O) groups excluding carboxylic acids is 3. The quantitative estimate of drug-likeness (QED) is 0.637. The van der Waals surface area contributed by atoms with Crippen LogP contribution in [0.5, 0.6) is 0 Å². The molecular weight excluding hydrogens is 387 g/mol. The van der Waals surface area contributed by atoms with E-state index in [2.05, 4.69) is 10.6 Å². The SMILES string of the molecule is O=C(COC(=O)CNC(=O)C12CC3CC(CC(C3)C1)C2)NCCc1ccc(F)cc1. The zero-order valence-corrected chi connectivity index (χ0v) is 17.1. The number of ether oxygens (including phenoxy) is 1. The molecule has 1 aromatic carbocycles. The summed E-state index contributed by atoms with van der Waals surface area (Å²) >= 11 is 0. The molecule has 0 aliphatic heterocycles. The van der Waals surface area contributed by atoms with Crippen molar-refractivity contribution in [3.63, 3.8) is 0 Å². The first-order chi connectivity index (χ1) is 14.4. The third-order valence-electron chi connectivity index (χ3n) is 6.93. The molecule has 0 saturated heterocycles. The molecule has 2 amide bonds. The van der Waals surface area contributed by atoms with Crippen molar-refractivity contribution in [3.8, 4) is 0 Å². The number of benzene rings is 1. The Morgan fingerprint density at radius 1 is 0.967 bits per heavy atom. The molecule has 0 atom stereocenters. The topological polar surface area (TPSA) is 84.5 Å². The van der Waals surface area contributed by atoms with Gasteiger partial charge in [0.05, 0.1) is 0 Å². The van der Waals surface area contributed by atoms with E-state index in [9.17, 15) is 18.8 Å². The number of halogens is 1. The van der Waals surface area contributed by atoms with Crippen LogP contribution in [-0.2, 0) is 25.5 Å². The normalized spacial score (nSPS) is 28.8. The summed E-state index contributed by atoms with van der Waals surface area (Å²) in [7, 11) is 0. The predicted octanol–water partition coefficient (Wildman–Crippen LogP) is 2.36. The molecule has 2 N–H and O–H groups in total. The van der Waals surface area contributed by atoms with E-state index in [0.717, 1.165) is 24.8 Å². The van der Waals surface area contributed by atoms with Gasteiger partial charge in [0, 0.05) is 12.0 Å². The fraction of sp³-hybridized carbons (Fsp3) is 0.609. The van der Waals surface area contributed by atoms with E-state index in [1.165, 1.54) is 31.4 Å². The summed E-state index contributed by atoms with van der Waals surface area (Å²) in [5.41, 5.74) is 0.605. The van der Waals surface area contributed by atoms with Crippen molar-refractivity contribution in [2.45, 2.75) is 44.9 Å². The zero-order chi connectivity index (χ0) is 21.1. The molecule has 0 unspecified atom stereocenters. The van der Waals surface area contributed by atoms with E-state index in [4.69, 9.17) is 4.74 Å². The summed E-state index contributed by atoms with van der Waals surface area (Å²) in [5.74, 6) is 0.639. The lowest BCUT2D eigenvalue weighted by Gasteiger charge is -2.55. The molecule has 0 spiro atoms. The van der Waals surface area contributed by atoms with E-state index in [0.29, 0.717) is 30.7 Å². The van der Waals surface area contributed by atoms with Crippen molar-refractivity contribution < 1.29 is 23.5 Å². The summed E-state index contributed by atoms with van der Waals surface area (Å²) in [6, 6.07) is 6.06. The summed E-state index contributed by atoms with van der Waals surface area (Å²) in [5, 5.41) is 5.41. The molecule has 30 heavy (non-hydrogen) atoms. The molecule has 4 saturated carbocycles. The monoisotopic (exact) mass is 416 g/mol. The van der Waals surface area contributed by atoms with Gasteiger partial charge in [-0.25, -0.2) is 4.39 Å². The van der Waals surface area contributed by atoms with E-state index in [1.807, 2.05) is 0 Å². The van der Waals surface area contributed by atoms with Crippen LogP contribution in [0.25, 0.3) is 0 Å². The van der Waals surface area contributed by atoms with Crippen LogP contribution in [0.3, 0.4) is 0 Å². The van der Waals surface area contributed by atoms with Crippen LogP contribution in [0.2, 0.25) is 0 Å². The van der Waals surface area contributed by atoms with Crippen molar-refractivity contribution in [2.24, 2.45) is 23.2 Å². The number of rotatable bonds is 8. The Morgan fingerprint density at radius 3 is 2.17 bits per heavy atom. The maximum absolute atomic E-state index is 12.9. The molecule has 5 rings (SSSR count). The molecule has 162 valence electrons. The van der Waals surface area contributed by atoms with E-state index in [-0.39, 0.29) is 30.3 Å². The van der Waals surface area contributed by atoms with Gasteiger partial charge in [0.15, 0.2) is 6.61 Å². The Balaban J connectivity index is 1.13. The van der Waals surface area contributed by atoms with Crippen LogP contribution in [0.1, 0.15) is 44.1 Å². The van der Waals surface area contributed by atoms with Crippen LogP contribution in [0.4, 0.5) is 4.39 Å². The van der Waals surface area contributed by atoms with E-state index in [1.54, 1.807) is 12.1 Å². The Kier molecular flexibility index (Phi) is 6.06. The number of carbonyl (C=O) groups is 3. The molecule has 4 fully saturated rings. The average Bonchev–Trinajstić information content (AvgIpc) is 2.71. The molecule has 4 aliphatic carbocycles. The highest BCUT2D eigenvalue weighted by atomic mass is 19.1. The lowest BCUT2D eigenvalue weighted by Crippen LogP contribution is -2.54.